The minimum absolute atomic E-state index is 0.315. The SMILES string of the molecule is CC(F)(F)C(=O)Nc1cc(Cl)nc(C(F)(F)F)c1. The molecule has 0 aliphatic carbocycles. The first-order chi connectivity index (χ1) is 8.00. The summed E-state index contributed by atoms with van der Waals surface area (Å²) in [5, 5.41) is 1.05. The zero-order valence-corrected chi connectivity index (χ0v) is 9.53. The van der Waals surface area contributed by atoms with Gasteiger partial charge >= 0.3 is 12.1 Å². The molecule has 0 aliphatic heterocycles. The summed E-state index contributed by atoms with van der Waals surface area (Å²) in [4.78, 5) is 13.9. The summed E-state index contributed by atoms with van der Waals surface area (Å²) in [6.07, 6.45) is -4.79. The van der Waals surface area contributed by atoms with E-state index in [0.29, 0.717) is 13.0 Å². The molecule has 1 amide bonds. The molecular weight excluding hydrogens is 283 g/mol. The molecule has 18 heavy (non-hydrogen) atoms. The lowest BCUT2D eigenvalue weighted by Gasteiger charge is -2.12. The molecule has 0 unspecified atom stereocenters. The number of alkyl halides is 5. The van der Waals surface area contributed by atoms with E-state index in [1.54, 1.807) is 5.32 Å². The van der Waals surface area contributed by atoms with Gasteiger partial charge in [-0.3, -0.25) is 4.79 Å². The molecule has 0 aromatic carbocycles. The highest BCUT2D eigenvalue weighted by molar-refractivity contribution is 6.29. The van der Waals surface area contributed by atoms with E-state index in [0.717, 1.165) is 6.07 Å². The molecule has 1 rings (SSSR count). The Morgan fingerprint density at radius 3 is 2.28 bits per heavy atom. The molecule has 3 nitrogen and oxygen atoms in total. The number of nitrogens with zero attached hydrogens (tertiary/aromatic N) is 1. The molecule has 9 heteroatoms. The average molecular weight is 289 g/mol. The smallest absolute Gasteiger partial charge is 0.321 e. The fourth-order valence-corrected chi connectivity index (χ4v) is 1.16. The van der Waals surface area contributed by atoms with Gasteiger partial charge in [0.05, 0.1) is 0 Å². The van der Waals surface area contributed by atoms with Gasteiger partial charge in [0.15, 0.2) is 0 Å². The van der Waals surface area contributed by atoms with E-state index >= 15 is 0 Å². The number of nitrogens with one attached hydrogen (secondary N) is 1. The fraction of sp³-hybridized carbons (Fsp3) is 0.333. The van der Waals surface area contributed by atoms with Crippen LogP contribution in [0.1, 0.15) is 12.6 Å². The fourth-order valence-electron chi connectivity index (χ4n) is 0.955. The number of pyridine rings is 1. The summed E-state index contributed by atoms with van der Waals surface area (Å²) in [5.74, 6) is -5.45. The van der Waals surface area contributed by atoms with Crippen LogP contribution in [0, 0.1) is 0 Å². The summed E-state index contributed by atoms with van der Waals surface area (Å²) in [5.41, 5.74) is -1.89. The molecule has 0 radical (unpaired) electrons. The molecule has 100 valence electrons. The maximum absolute atomic E-state index is 12.6. The Balaban J connectivity index is 3.05. The number of hydrogen-bond acceptors (Lipinski definition) is 2. The summed E-state index contributed by atoms with van der Waals surface area (Å²) in [7, 11) is 0. The average Bonchev–Trinajstić information content (AvgIpc) is 2.13. The minimum atomic E-state index is -4.79. The van der Waals surface area contributed by atoms with Crippen molar-refractivity contribution in [2.45, 2.75) is 19.0 Å². The number of carbonyl (C=O) groups excluding carboxylic acids is 1. The van der Waals surface area contributed by atoms with Gasteiger partial charge in [0.2, 0.25) is 0 Å². The zero-order chi connectivity index (χ0) is 14.1. The van der Waals surface area contributed by atoms with Crippen molar-refractivity contribution in [1.29, 1.82) is 0 Å². The normalized spacial score (nSPS) is 12.4. The van der Waals surface area contributed by atoms with Crippen molar-refractivity contribution in [2.75, 3.05) is 5.32 Å². The third-order valence-electron chi connectivity index (χ3n) is 1.74. The van der Waals surface area contributed by atoms with Crippen molar-refractivity contribution >= 4 is 23.2 Å². The van der Waals surface area contributed by atoms with Crippen LogP contribution in [-0.4, -0.2) is 16.8 Å². The van der Waals surface area contributed by atoms with Crippen LogP contribution in [0.2, 0.25) is 5.15 Å². The first-order valence-corrected chi connectivity index (χ1v) is 4.82. The minimum Gasteiger partial charge on any atom is -0.321 e. The molecule has 0 fully saturated rings. The molecule has 1 N–H and O–H groups in total. The van der Waals surface area contributed by atoms with Crippen molar-refractivity contribution < 1.29 is 26.7 Å². The molecule has 0 saturated carbocycles. The Morgan fingerprint density at radius 2 is 1.83 bits per heavy atom. The van der Waals surface area contributed by atoms with Gasteiger partial charge in [-0.05, 0) is 12.1 Å². The molecule has 0 saturated heterocycles. The molecule has 0 spiro atoms. The van der Waals surface area contributed by atoms with Gasteiger partial charge in [-0.2, -0.15) is 22.0 Å². The molecule has 0 bridgehead atoms. The van der Waals surface area contributed by atoms with Crippen molar-refractivity contribution in [3.05, 3.63) is 23.0 Å². The third kappa shape index (κ3) is 3.80. The highest BCUT2D eigenvalue weighted by Crippen LogP contribution is 2.31. The lowest BCUT2D eigenvalue weighted by Crippen LogP contribution is -2.31. The van der Waals surface area contributed by atoms with Crippen molar-refractivity contribution in [3.8, 4) is 0 Å². The Morgan fingerprint density at radius 1 is 1.28 bits per heavy atom. The van der Waals surface area contributed by atoms with Gasteiger partial charge < -0.3 is 5.32 Å². The standard InChI is InChI=1S/C9H6ClF5N2O/c1-8(11,12)7(18)16-4-2-5(9(13,14)15)17-6(10)3-4/h2-3H,1H3,(H,16,17,18). The number of amides is 1. The van der Waals surface area contributed by atoms with Crippen LogP contribution in [0.15, 0.2) is 12.1 Å². The summed E-state index contributed by atoms with van der Waals surface area (Å²) in [6, 6.07) is 1.25. The highest BCUT2D eigenvalue weighted by Gasteiger charge is 2.35. The maximum Gasteiger partial charge on any atom is 0.433 e. The van der Waals surface area contributed by atoms with Crippen LogP contribution in [0.4, 0.5) is 27.6 Å². The van der Waals surface area contributed by atoms with E-state index in [2.05, 4.69) is 4.98 Å². The largest absolute Gasteiger partial charge is 0.433 e. The van der Waals surface area contributed by atoms with Gasteiger partial charge in [0.1, 0.15) is 10.8 Å². The van der Waals surface area contributed by atoms with Crippen LogP contribution in [-0.2, 0) is 11.0 Å². The predicted octanol–water partition coefficient (Wildman–Crippen LogP) is 3.35. The van der Waals surface area contributed by atoms with Crippen LogP contribution in [0.25, 0.3) is 0 Å². The van der Waals surface area contributed by atoms with E-state index in [-0.39, 0.29) is 0 Å². The Kier molecular flexibility index (Phi) is 3.80. The number of halogens is 6. The third-order valence-corrected chi connectivity index (χ3v) is 1.93. The van der Waals surface area contributed by atoms with Crippen LogP contribution in [0.3, 0.4) is 0 Å². The number of hydrogen-bond donors (Lipinski definition) is 1. The number of anilines is 1. The summed E-state index contributed by atoms with van der Waals surface area (Å²) < 4.78 is 62.1. The van der Waals surface area contributed by atoms with Gasteiger partial charge in [-0.25, -0.2) is 4.98 Å². The molecule has 0 atom stereocenters. The maximum atomic E-state index is 12.6. The molecule has 1 heterocycles. The second-order valence-electron chi connectivity index (χ2n) is 3.40. The van der Waals surface area contributed by atoms with E-state index in [1.165, 1.54) is 0 Å². The predicted molar refractivity (Wildman–Crippen MR) is 53.5 cm³/mol. The van der Waals surface area contributed by atoms with E-state index in [1.807, 2.05) is 0 Å². The van der Waals surface area contributed by atoms with Gasteiger partial charge in [-0.15, -0.1) is 0 Å². The molecule has 1 aromatic rings. The van der Waals surface area contributed by atoms with Crippen LogP contribution >= 0.6 is 11.6 Å². The van der Waals surface area contributed by atoms with Crippen molar-refractivity contribution in [3.63, 3.8) is 0 Å². The monoisotopic (exact) mass is 288 g/mol. The first-order valence-electron chi connectivity index (χ1n) is 4.44. The number of aromatic nitrogens is 1. The Labute approximate surface area is 103 Å². The topological polar surface area (TPSA) is 42.0 Å². The molecule has 1 aromatic heterocycles. The molecule has 0 aliphatic rings. The Bertz CT molecular complexity index is 469. The highest BCUT2D eigenvalue weighted by atomic mass is 35.5. The van der Waals surface area contributed by atoms with Crippen LogP contribution in [0.5, 0.6) is 0 Å². The molecular formula is C9H6ClF5N2O. The van der Waals surface area contributed by atoms with E-state index < -0.39 is 34.5 Å². The van der Waals surface area contributed by atoms with Crippen molar-refractivity contribution in [1.82, 2.24) is 4.98 Å². The number of carbonyl (C=O) groups is 1. The Hall–Kier alpha value is -1.44. The summed E-state index contributed by atoms with van der Waals surface area (Å²) >= 11 is 5.30. The van der Waals surface area contributed by atoms with Crippen molar-refractivity contribution in [2.24, 2.45) is 0 Å². The summed E-state index contributed by atoms with van der Waals surface area (Å²) in [6.45, 7) is 0.315. The second-order valence-corrected chi connectivity index (χ2v) is 3.79. The van der Waals surface area contributed by atoms with E-state index in [4.69, 9.17) is 11.6 Å². The quantitative estimate of drug-likeness (QED) is 0.670. The second kappa shape index (κ2) is 4.68. The van der Waals surface area contributed by atoms with Crippen LogP contribution < -0.4 is 5.32 Å². The zero-order valence-electron chi connectivity index (χ0n) is 8.78. The van der Waals surface area contributed by atoms with Gasteiger partial charge in [-0.1, -0.05) is 11.6 Å². The lowest BCUT2D eigenvalue weighted by atomic mass is 10.3. The number of rotatable bonds is 2. The van der Waals surface area contributed by atoms with E-state index in [9.17, 15) is 26.7 Å². The van der Waals surface area contributed by atoms with Gasteiger partial charge in [0, 0.05) is 12.6 Å². The lowest BCUT2D eigenvalue weighted by molar-refractivity contribution is -0.141. The van der Waals surface area contributed by atoms with Gasteiger partial charge in [0.25, 0.3) is 5.91 Å². The first kappa shape index (κ1) is 14.6.